The number of aliphatic hydroxyl groups excluding tert-OH is 1. The highest BCUT2D eigenvalue weighted by atomic mass is 16.3. The second kappa shape index (κ2) is 5.49. The van der Waals surface area contributed by atoms with Gasteiger partial charge in [-0.05, 0) is 41.5 Å². The summed E-state index contributed by atoms with van der Waals surface area (Å²) in [5, 5.41) is 11.6. The Balaban J connectivity index is 4.76. The third kappa shape index (κ3) is 4.73. The zero-order chi connectivity index (χ0) is 13.9. The minimum Gasteiger partial charge on any atom is -0.394 e. The fourth-order valence-corrected chi connectivity index (χ4v) is 1.45. The lowest BCUT2D eigenvalue weighted by Gasteiger charge is -2.35. The third-order valence-electron chi connectivity index (χ3n) is 2.41. The number of rotatable bonds is 3. The molecule has 5 nitrogen and oxygen atoms in total. The van der Waals surface area contributed by atoms with Crippen LogP contribution >= 0.6 is 0 Å². The molecule has 5 heteroatoms. The van der Waals surface area contributed by atoms with Crippen molar-refractivity contribution in [1.82, 2.24) is 10.2 Å². The molecule has 2 N–H and O–H groups in total. The molecule has 0 aromatic rings. The lowest BCUT2D eigenvalue weighted by atomic mass is 10.0. The SMILES string of the molecule is CCN(C(=O)C(=O)NC(C)(C)CO)C(C)(C)C. The molecular formula is C12H24N2O3. The molecule has 0 aliphatic carbocycles. The normalized spacial score (nSPS) is 12.2. The standard InChI is InChI=1S/C12H24N2O3/c1-7-14(11(2,3)4)10(17)9(16)13-12(5,6)8-15/h15H,7-8H2,1-6H3,(H,13,16). The number of hydrogen-bond donors (Lipinski definition) is 2. The lowest BCUT2D eigenvalue weighted by molar-refractivity contribution is -0.150. The Bertz CT molecular complexity index is 293. The topological polar surface area (TPSA) is 69.6 Å². The first-order chi connectivity index (χ1) is 7.55. The van der Waals surface area contributed by atoms with E-state index in [4.69, 9.17) is 5.11 Å². The monoisotopic (exact) mass is 244 g/mol. The van der Waals surface area contributed by atoms with E-state index < -0.39 is 22.9 Å². The molecule has 0 spiro atoms. The summed E-state index contributed by atoms with van der Waals surface area (Å²) < 4.78 is 0. The van der Waals surface area contributed by atoms with Gasteiger partial charge in [0.25, 0.3) is 0 Å². The average Bonchev–Trinajstić information content (AvgIpc) is 2.15. The van der Waals surface area contributed by atoms with E-state index in [1.165, 1.54) is 4.90 Å². The first kappa shape index (κ1) is 15.9. The Kier molecular flexibility index (Phi) is 5.13. The largest absolute Gasteiger partial charge is 0.394 e. The summed E-state index contributed by atoms with van der Waals surface area (Å²) in [6.45, 7) is 11.0. The first-order valence-electron chi connectivity index (χ1n) is 5.80. The molecule has 17 heavy (non-hydrogen) atoms. The molecule has 0 aromatic heterocycles. The van der Waals surface area contributed by atoms with Crippen LogP contribution in [0.3, 0.4) is 0 Å². The van der Waals surface area contributed by atoms with Crippen LogP contribution in [0.15, 0.2) is 0 Å². The van der Waals surface area contributed by atoms with Crippen LogP contribution in [0, 0.1) is 0 Å². The molecule has 2 amide bonds. The van der Waals surface area contributed by atoms with Gasteiger partial charge in [-0.25, -0.2) is 0 Å². The molecule has 100 valence electrons. The molecule has 0 fully saturated rings. The highest BCUT2D eigenvalue weighted by Crippen LogP contribution is 2.13. The highest BCUT2D eigenvalue weighted by Gasteiger charge is 2.32. The summed E-state index contributed by atoms with van der Waals surface area (Å²) >= 11 is 0. The van der Waals surface area contributed by atoms with E-state index in [-0.39, 0.29) is 6.61 Å². The van der Waals surface area contributed by atoms with Gasteiger partial charge in [0.2, 0.25) is 0 Å². The van der Waals surface area contributed by atoms with Crippen molar-refractivity contribution in [3.63, 3.8) is 0 Å². The van der Waals surface area contributed by atoms with Gasteiger partial charge in [0.1, 0.15) is 0 Å². The minimum absolute atomic E-state index is 0.215. The van der Waals surface area contributed by atoms with E-state index in [1.54, 1.807) is 13.8 Å². The smallest absolute Gasteiger partial charge is 0.312 e. The first-order valence-corrected chi connectivity index (χ1v) is 5.80. The van der Waals surface area contributed by atoms with Crippen molar-refractivity contribution in [3.8, 4) is 0 Å². The molecule has 0 aliphatic rings. The summed E-state index contributed by atoms with van der Waals surface area (Å²) in [6.07, 6.45) is 0. The number of hydrogen-bond acceptors (Lipinski definition) is 3. The quantitative estimate of drug-likeness (QED) is 0.711. The molecule has 0 radical (unpaired) electrons. The van der Waals surface area contributed by atoms with Crippen molar-refractivity contribution in [2.45, 2.75) is 52.6 Å². The maximum absolute atomic E-state index is 11.9. The van der Waals surface area contributed by atoms with E-state index in [9.17, 15) is 9.59 Å². The van der Waals surface area contributed by atoms with Crippen molar-refractivity contribution in [1.29, 1.82) is 0 Å². The molecule has 0 aromatic carbocycles. The van der Waals surface area contributed by atoms with Gasteiger partial charge < -0.3 is 15.3 Å². The van der Waals surface area contributed by atoms with Gasteiger partial charge in [-0.15, -0.1) is 0 Å². The van der Waals surface area contributed by atoms with Gasteiger partial charge in [-0.2, -0.15) is 0 Å². The van der Waals surface area contributed by atoms with Crippen molar-refractivity contribution < 1.29 is 14.7 Å². The number of carbonyl (C=O) groups excluding carboxylic acids is 2. The molecule has 0 aliphatic heterocycles. The minimum atomic E-state index is -0.788. The Morgan fingerprint density at radius 1 is 1.18 bits per heavy atom. The van der Waals surface area contributed by atoms with Crippen molar-refractivity contribution in [3.05, 3.63) is 0 Å². The number of amides is 2. The van der Waals surface area contributed by atoms with E-state index in [1.807, 2.05) is 27.7 Å². The van der Waals surface area contributed by atoms with Gasteiger partial charge >= 0.3 is 11.8 Å². The second-order valence-electron chi connectivity index (χ2n) is 5.72. The number of carbonyl (C=O) groups is 2. The fourth-order valence-electron chi connectivity index (χ4n) is 1.45. The van der Waals surface area contributed by atoms with E-state index in [0.717, 1.165) is 0 Å². The molecule has 0 unspecified atom stereocenters. The number of nitrogens with one attached hydrogen (secondary N) is 1. The number of nitrogens with zero attached hydrogens (tertiary/aromatic N) is 1. The van der Waals surface area contributed by atoms with Crippen LogP contribution in [0.1, 0.15) is 41.5 Å². The second-order valence-corrected chi connectivity index (χ2v) is 5.72. The van der Waals surface area contributed by atoms with Gasteiger partial charge in [0.05, 0.1) is 12.1 Å². The van der Waals surface area contributed by atoms with Crippen LogP contribution in [-0.2, 0) is 9.59 Å². The van der Waals surface area contributed by atoms with Crippen molar-refractivity contribution in [2.75, 3.05) is 13.2 Å². The zero-order valence-corrected chi connectivity index (χ0v) is 11.6. The van der Waals surface area contributed by atoms with Gasteiger partial charge in [-0.3, -0.25) is 9.59 Å². The number of aliphatic hydroxyl groups is 1. The zero-order valence-electron chi connectivity index (χ0n) is 11.6. The molecular weight excluding hydrogens is 220 g/mol. The van der Waals surface area contributed by atoms with Gasteiger partial charge in [0, 0.05) is 12.1 Å². The fraction of sp³-hybridized carbons (Fsp3) is 0.833. The predicted molar refractivity (Wildman–Crippen MR) is 66.4 cm³/mol. The van der Waals surface area contributed by atoms with E-state index >= 15 is 0 Å². The maximum atomic E-state index is 11.9. The summed E-state index contributed by atoms with van der Waals surface area (Å²) in [6, 6.07) is 0. The van der Waals surface area contributed by atoms with Crippen LogP contribution in [0.4, 0.5) is 0 Å². The van der Waals surface area contributed by atoms with Crippen molar-refractivity contribution >= 4 is 11.8 Å². The molecule has 0 saturated heterocycles. The molecule has 0 heterocycles. The maximum Gasteiger partial charge on any atom is 0.312 e. The summed E-state index contributed by atoms with van der Waals surface area (Å²) in [4.78, 5) is 25.2. The lowest BCUT2D eigenvalue weighted by Crippen LogP contribution is -2.56. The van der Waals surface area contributed by atoms with Gasteiger partial charge in [-0.1, -0.05) is 0 Å². The van der Waals surface area contributed by atoms with Crippen LogP contribution in [0.2, 0.25) is 0 Å². The van der Waals surface area contributed by atoms with E-state index in [0.29, 0.717) is 6.54 Å². The number of likely N-dealkylation sites (N-methyl/N-ethyl adjacent to an activating group) is 1. The van der Waals surface area contributed by atoms with Crippen molar-refractivity contribution in [2.24, 2.45) is 0 Å². The Morgan fingerprint density at radius 2 is 1.65 bits per heavy atom. The molecule has 0 rings (SSSR count). The Labute approximate surface area is 103 Å². The van der Waals surface area contributed by atoms with Crippen LogP contribution in [-0.4, -0.2) is 46.1 Å². The van der Waals surface area contributed by atoms with Crippen LogP contribution in [0.5, 0.6) is 0 Å². The summed E-state index contributed by atoms with van der Waals surface area (Å²) in [5.74, 6) is -1.25. The van der Waals surface area contributed by atoms with E-state index in [2.05, 4.69) is 5.32 Å². The van der Waals surface area contributed by atoms with Crippen LogP contribution in [0.25, 0.3) is 0 Å². The third-order valence-corrected chi connectivity index (χ3v) is 2.41. The predicted octanol–water partition coefficient (Wildman–Crippen LogP) is 0.520. The average molecular weight is 244 g/mol. The van der Waals surface area contributed by atoms with Gasteiger partial charge in [0.15, 0.2) is 0 Å². The van der Waals surface area contributed by atoms with Crippen LogP contribution < -0.4 is 5.32 Å². The Hall–Kier alpha value is -1.10. The summed E-state index contributed by atoms with van der Waals surface area (Å²) in [5.41, 5.74) is -1.18. The molecule has 0 saturated carbocycles. The Morgan fingerprint density at radius 3 is 1.94 bits per heavy atom. The molecule has 0 atom stereocenters. The summed E-state index contributed by atoms with van der Waals surface area (Å²) in [7, 11) is 0. The molecule has 0 bridgehead atoms. The highest BCUT2D eigenvalue weighted by molar-refractivity contribution is 6.35.